The predicted molar refractivity (Wildman–Crippen MR) is 41.7 cm³/mol. The number of rotatable bonds is 3. The van der Waals surface area contributed by atoms with Crippen molar-refractivity contribution in [2.75, 3.05) is 6.61 Å². The Balaban J connectivity index is 2.50. The number of aliphatic hydroxyl groups excluding tert-OH is 1. The van der Waals surface area contributed by atoms with Crippen LogP contribution in [-0.4, -0.2) is 11.7 Å². The molecule has 0 saturated carbocycles. The van der Waals surface area contributed by atoms with Crippen LogP contribution in [0.5, 0.6) is 0 Å². The van der Waals surface area contributed by atoms with Crippen LogP contribution in [0.4, 0.5) is 0 Å². The van der Waals surface area contributed by atoms with Gasteiger partial charge in [0.15, 0.2) is 0 Å². The SMILES string of the molecule is [NH3+][C@H](CCO)c1ccsc1. The normalized spacial score (nSPS) is 13.4. The Bertz CT molecular complexity index is 174. The van der Waals surface area contributed by atoms with Gasteiger partial charge in [0, 0.05) is 18.6 Å². The highest BCUT2D eigenvalue weighted by Gasteiger charge is 2.07. The zero-order chi connectivity index (χ0) is 7.40. The number of hydrogen-bond acceptors (Lipinski definition) is 2. The highest BCUT2D eigenvalue weighted by atomic mass is 32.1. The van der Waals surface area contributed by atoms with Gasteiger partial charge in [0.1, 0.15) is 6.04 Å². The van der Waals surface area contributed by atoms with Gasteiger partial charge in [-0.2, -0.15) is 11.3 Å². The zero-order valence-corrected chi connectivity index (χ0v) is 6.60. The van der Waals surface area contributed by atoms with Crippen molar-refractivity contribution in [2.24, 2.45) is 0 Å². The highest BCUT2D eigenvalue weighted by molar-refractivity contribution is 7.07. The van der Waals surface area contributed by atoms with Gasteiger partial charge in [0.25, 0.3) is 0 Å². The summed E-state index contributed by atoms with van der Waals surface area (Å²) in [4.78, 5) is 0. The molecule has 2 nitrogen and oxygen atoms in total. The first-order chi connectivity index (χ1) is 4.84. The molecule has 0 spiro atoms. The maximum Gasteiger partial charge on any atom is 0.113 e. The van der Waals surface area contributed by atoms with E-state index in [-0.39, 0.29) is 12.6 Å². The average molecular weight is 158 g/mol. The van der Waals surface area contributed by atoms with Crippen LogP contribution in [0, 0.1) is 0 Å². The second-order valence-corrected chi connectivity index (χ2v) is 3.05. The molecule has 1 aromatic rings. The van der Waals surface area contributed by atoms with Crippen LogP contribution in [0.3, 0.4) is 0 Å². The minimum atomic E-state index is 0.226. The summed E-state index contributed by atoms with van der Waals surface area (Å²) >= 11 is 1.67. The molecule has 1 rings (SSSR count). The minimum absolute atomic E-state index is 0.226. The number of quaternary nitrogens is 1. The Morgan fingerprint density at radius 3 is 3.00 bits per heavy atom. The molecule has 0 aliphatic carbocycles. The van der Waals surface area contributed by atoms with Crippen LogP contribution in [0.1, 0.15) is 18.0 Å². The summed E-state index contributed by atoms with van der Waals surface area (Å²) in [6, 6.07) is 2.31. The van der Waals surface area contributed by atoms with E-state index in [1.54, 1.807) is 11.3 Å². The third-order valence-electron chi connectivity index (χ3n) is 1.49. The molecule has 1 atom stereocenters. The topological polar surface area (TPSA) is 47.9 Å². The number of hydrogen-bond donors (Lipinski definition) is 2. The molecule has 0 aliphatic heterocycles. The van der Waals surface area contributed by atoms with Gasteiger partial charge in [0.05, 0.1) is 0 Å². The Hall–Kier alpha value is -0.380. The first-order valence-electron chi connectivity index (χ1n) is 3.30. The Morgan fingerprint density at radius 2 is 2.50 bits per heavy atom. The Labute approximate surface area is 64.3 Å². The lowest BCUT2D eigenvalue weighted by Crippen LogP contribution is -2.53. The fourth-order valence-electron chi connectivity index (χ4n) is 0.830. The van der Waals surface area contributed by atoms with Gasteiger partial charge in [-0.05, 0) is 16.8 Å². The number of thiophene rings is 1. The van der Waals surface area contributed by atoms with E-state index >= 15 is 0 Å². The summed E-state index contributed by atoms with van der Waals surface area (Å²) in [5, 5.41) is 12.7. The summed E-state index contributed by atoms with van der Waals surface area (Å²) < 4.78 is 0. The van der Waals surface area contributed by atoms with Gasteiger partial charge >= 0.3 is 0 Å². The summed E-state index contributed by atoms with van der Waals surface area (Å²) in [6.45, 7) is 0.226. The fraction of sp³-hybridized carbons (Fsp3) is 0.429. The molecule has 3 heteroatoms. The van der Waals surface area contributed by atoms with Crippen molar-refractivity contribution in [3.05, 3.63) is 22.4 Å². The minimum Gasteiger partial charge on any atom is -0.396 e. The van der Waals surface area contributed by atoms with Gasteiger partial charge in [-0.3, -0.25) is 0 Å². The molecule has 0 aromatic carbocycles. The van der Waals surface area contributed by atoms with E-state index < -0.39 is 0 Å². The van der Waals surface area contributed by atoms with E-state index in [4.69, 9.17) is 5.11 Å². The van der Waals surface area contributed by atoms with E-state index in [1.807, 2.05) is 5.38 Å². The molecule has 4 N–H and O–H groups in total. The van der Waals surface area contributed by atoms with Crippen molar-refractivity contribution in [1.82, 2.24) is 0 Å². The van der Waals surface area contributed by atoms with Crippen LogP contribution < -0.4 is 5.73 Å². The van der Waals surface area contributed by atoms with Crippen molar-refractivity contribution in [1.29, 1.82) is 0 Å². The molecular weight excluding hydrogens is 146 g/mol. The molecule has 0 radical (unpaired) electrons. The van der Waals surface area contributed by atoms with Crippen LogP contribution in [-0.2, 0) is 0 Å². The molecule has 0 amide bonds. The quantitative estimate of drug-likeness (QED) is 0.657. The molecule has 0 aliphatic rings. The molecule has 0 fully saturated rings. The van der Waals surface area contributed by atoms with E-state index in [9.17, 15) is 0 Å². The molecule has 0 bridgehead atoms. The van der Waals surface area contributed by atoms with Crippen molar-refractivity contribution in [2.45, 2.75) is 12.5 Å². The second-order valence-electron chi connectivity index (χ2n) is 2.27. The smallest absolute Gasteiger partial charge is 0.113 e. The van der Waals surface area contributed by atoms with Gasteiger partial charge in [0.2, 0.25) is 0 Å². The first kappa shape index (κ1) is 7.72. The fourth-order valence-corrected chi connectivity index (χ4v) is 1.57. The van der Waals surface area contributed by atoms with Crippen molar-refractivity contribution in [3.8, 4) is 0 Å². The lowest BCUT2D eigenvalue weighted by atomic mass is 10.1. The second kappa shape index (κ2) is 3.71. The van der Waals surface area contributed by atoms with E-state index in [0.717, 1.165) is 6.42 Å². The Kier molecular flexibility index (Phi) is 2.86. The molecule has 1 aromatic heterocycles. The zero-order valence-electron chi connectivity index (χ0n) is 5.79. The lowest BCUT2D eigenvalue weighted by Gasteiger charge is -2.01. The molecule has 56 valence electrons. The van der Waals surface area contributed by atoms with E-state index in [2.05, 4.69) is 17.2 Å². The van der Waals surface area contributed by atoms with Crippen LogP contribution in [0.15, 0.2) is 16.8 Å². The summed E-state index contributed by atoms with van der Waals surface area (Å²) in [6.07, 6.45) is 0.761. The molecule has 0 saturated heterocycles. The van der Waals surface area contributed by atoms with Crippen molar-refractivity contribution in [3.63, 3.8) is 0 Å². The van der Waals surface area contributed by atoms with Crippen LogP contribution in [0.2, 0.25) is 0 Å². The monoisotopic (exact) mass is 158 g/mol. The van der Waals surface area contributed by atoms with Crippen molar-refractivity contribution < 1.29 is 10.8 Å². The molecule has 0 unspecified atom stereocenters. The summed E-state index contributed by atoms with van der Waals surface area (Å²) in [5.41, 5.74) is 5.15. The predicted octanol–water partition coefficient (Wildman–Crippen LogP) is 0.414. The number of aliphatic hydroxyl groups is 1. The standard InChI is InChI=1S/C7H11NOS/c8-7(1-3-9)6-2-4-10-5-6/h2,4-5,7,9H,1,3,8H2/p+1/t7-/m1/s1. The van der Waals surface area contributed by atoms with Crippen LogP contribution >= 0.6 is 11.3 Å². The summed E-state index contributed by atoms with van der Waals surface area (Å²) in [5.74, 6) is 0. The molecule has 10 heavy (non-hydrogen) atoms. The van der Waals surface area contributed by atoms with Gasteiger partial charge in [-0.25, -0.2) is 0 Å². The highest BCUT2D eigenvalue weighted by Crippen LogP contribution is 2.14. The van der Waals surface area contributed by atoms with Gasteiger partial charge in [-0.15, -0.1) is 0 Å². The van der Waals surface area contributed by atoms with Crippen LogP contribution in [0.25, 0.3) is 0 Å². The van der Waals surface area contributed by atoms with Gasteiger partial charge in [-0.1, -0.05) is 0 Å². The lowest BCUT2D eigenvalue weighted by molar-refractivity contribution is -0.428. The van der Waals surface area contributed by atoms with Crippen molar-refractivity contribution >= 4 is 11.3 Å². The Morgan fingerprint density at radius 1 is 1.70 bits per heavy atom. The van der Waals surface area contributed by atoms with E-state index in [1.165, 1.54) is 5.56 Å². The average Bonchev–Trinajstić information content (AvgIpc) is 2.38. The van der Waals surface area contributed by atoms with Gasteiger partial charge < -0.3 is 10.8 Å². The summed E-state index contributed by atoms with van der Waals surface area (Å²) in [7, 11) is 0. The van der Waals surface area contributed by atoms with E-state index in [0.29, 0.717) is 0 Å². The molecular formula is C7H12NOS+. The largest absolute Gasteiger partial charge is 0.396 e. The molecule has 1 heterocycles. The maximum absolute atomic E-state index is 8.60. The first-order valence-corrected chi connectivity index (χ1v) is 4.25. The third-order valence-corrected chi connectivity index (χ3v) is 2.19. The maximum atomic E-state index is 8.60. The third kappa shape index (κ3) is 1.80.